The van der Waals surface area contributed by atoms with Crippen LogP contribution in [-0.2, 0) is 12.7 Å². The molecule has 3 aromatic rings. The van der Waals surface area contributed by atoms with Crippen LogP contribution >= 0.6 is 0 Å². The molecule has 148 valence electrons. The zero-order chi connectivity index (χ0) is 19.9. The molecule has 2 unspecified atom stereocenters. The Kier molecular flexibility index (Phi) is 4.70. The first-order chi connectivity index (χ1) is 13.3. The molecule has 1 aromatic carbocycles. The number of benzene rings is 1. The quantitative estimate of drug-likeness (QED) is 0.687. The van der Waals surface area contributed by atoms with Crippen molar-refractivity contribution in [2.75, 3.05) is 18.0 Å². The molecule has 9 heteroatoms. The molecule has 2 aromatic heterocycles. The molecule has 1 saturated heterocycles. The Morgan fingerprint density at radius 3 is 2.43 bits per heavy atom. The van der Waals surface area contributed by atoms with E-state index in [-0.39, 0.29) is 17.7 Å². The lowest BCUT2D eigenvalue weighted by Crippen LogP contribution is -2.56. The van der Waals surface area contributed by atoms with Crippen molar-refractivity contribution in [3.8, 4) is 0 Å². The third kappa shape index (κ3) is 3.54. The highest BCUT2D eigenvalue weighted by atomic mass is 19.4. The standard InChI is InChI=1S/C19H21F3N6/c1-13-11-27(14(2)10-26(13)12-15-6-4-3-5-7-15)17-9-8-16-23-24-18(19(20,21)22)28(16)25-17/h3-9,13-14H,10-12H2,1-2H3. The number of hydrogen-bond acceptors (Lipinski definition) is 5. The minimum atomic E-state index is -4.60. The van der Waals surface area contributed by atoms with E-state index in [0.29, 0.717) is 12.4 Å². The van der Waals surface area contributed by atoms with E-state index >= 15 is 0 Å². The molecule has 0 bridgehead atoms. The van der Waals surface area contributed by atoms with Gasteiger partial charge in [-0.3, -0.25) is 4.90 Å². The van der Waals surface area contributed by atoms with Crippen molar-refractivity contribution in [3.05, 3.63) is 53.9 Å². The summed E-state index contributed by atoms with van der Waals surface area (Å²) in [6.45, 7) is 6.50. The summed E-state index contributed by atoms with van der Waals surface area (Å²) in [5.41, 5.74) is 1.33. The highest BCUT2D eigenvalue weighted by molar-refractivity contribution is 5.47. The molecule has 4 rings (SSSR count). The summed E-state index contributed by atoms with van der Waals surface area (Å²) in [6, 6.07) is 13.8. The van der Waals surface area contributed by atoms with Crippen molar-refractivity contribution in [1.82, 2.24) is 24.7 Å². The first-order valence-electron chi connectivity index (χ1n) is 9.17. The van der Waals surface area contributed by atoms with Gasteiger partial charge in [-0.25, -0.2) is 0 Å². The Hall–Kier alpha value is -2.68. The number of nitrogens with zero attached hydrogens (tertiary/aromatic N) is 6. The van der Waals surface area contributed by atoms with Crippen LogP contribution in [-0.4, -0.2) is 49.9 Å². The monoisotopic (exact) mass is 390 g/mol. The van der Waals surface area contributed by atoms with Crippen LogP contribution in [0.3, 0.4) is 0 Å². The molecule has 0 radical (unpaired) electrons. The molecular formula is C19H21F3N6. The van der Waals surface area contributed by atoms with E-state index in [1.54, 1.807) is 6.07 Å². The maximum Gasteiger partial charge on any atom is 0.453 e. The van der Waals surface area contributed by atoms with Crippen LogP contribution in [0, 0.1) is 0 Å². The van der Waals surface area contributed by atoms with Gasteiger partial charge in [0.1, 0.15) is 5.82 Å². The Labute approximate surface area is 160 Å². The van der Waals surface area contributed by atoms with E-state index in [1.807, 2.05) is 23.1 Å². The zero-order valence-corrected chi connectivity index (χ0v) is 15.6. The van der Waals surface area contributed by atoms with Crippen LogP contribution < -0.4 is 4.90 Å². The third-order valence-electron chi connectivity index (χ3n) is 5.14. The fourth-order valence-corrected chi connectivity index (χ4v) is 3.66. The van der Waals surface area contributed by atoms with Crippen molar-refractivity contribution in [1.29, 1.82) is 0 Å². The number of hydrogen-bond donors (Lipinski definition) is 0. The van der Waals surface area contributed by atoms with Crippen LogP contribution in [0.25, 0.3) is 5.65 Å². The second kappa shape index (κ2) is 7.05. The van der Waals surface area contributed by atoms with Crippen molar-refractivity contribution < 1.29 is 13.2 Å². The molecular weight excluding hydrogens is 369 g/mol. The highest BCUT2D eigenvalue weighted by Gasteiger charge is 2.38. The van der Waals surface area contributed by atoms with Crippen molar-refractivity contribution in [2.45, 2.75) is 38.7 Å². The molecule has 0 spiro atoms. The molecule has 0 amide bonds. The lowest BCUT2D eigenvalue weighted by Gasteiger charge is -2.44. The molecule has 2 atom stereocenters. The average Bonchev–Trinajstić information content (AvgIpc) is 3.09. The SMILES string of the molecule is CC1CN(c2ccc3nnc(C(F)(F)F)n3n2)C(C)CN1Cc1ccccc1. The van der Waals surface area contributed by atoms with Gasteiger partial charge in [-0.05, 0) is 31.5 Å². The maximum absolute atomic E-state index is 13.1. The lowest BCUT2D eigenvalue weighted by atomic mass is 10.1. The zero-order valence-electron chi connectivity index (χ0n) is 15.6. The number of halogens is 3. The van der Waals surface area contributed by atoms with Gasteiger partial charge in [0.15, 0.2) is 5.65 Å². The first-order valence-corrected chi connectivity index (χ1v) is 9.17. The first kappa shape index (κ1) is 18.7. The van der Waals surface area contributed by atoms with Gasteiger partial charge in [-0.2, -0.15) is 17.7 Å². The van der Waals surface area contributed by atoms with E-state index in [4.69, 9.17) is 0 Å². The number of fused-ring (bicyclic) bond motifs is 1. The smallest absolute Gasteiger partial charge is 0.350 e. The normalized spacial score (nSPS) is 21.4. The number of rotatable bonds is 3. The number of aromatic nitrogens is 4. The van der Waals surface area contributed by atoms with Gasteiger partial charge in [0.2, 0.25) is 0 Å². The van der Waals surface area contributed by atoms with E-state index < -0.39 is 12.0 Å². The summed E-state index contributed by atoms with van der Waals surface area (Å²) >= 11 is 0. The predicted molar refractivity (Wildman–Crippen MR) is 98.9 cm³/mol. The highest BCUT2D eigenvalue weighted by Crippen LogP contribution is 2.29. The Balaban J connectivity index is 1.57. The van der Waals surface area contributed by atoms with Gasteiger partial charge in [0, 0.05) is 31.7 Å². The fourth-order valence-electron chi connectivity index (χ4n) is 3.66. The van der Waals surface area contributed by atoms with Crippen LogP contribution in [0.1, 0.15) is 25.2 Å². The second-order valence-corrected chi connectivity index (χ2v) is 7.25. The number of piperazine rings is 1. The molecule has 0 aliphatic carbocycles. The van der Waals surface area contributed by atoms with E-state index in [9.17, 15) is 13.2 Å². The third-order valence-corrected chi connectivity index (χ3v) is 5.14. The maximum atomic E-state index is 13.1. The number of alkyl halides is 3. The van der Waals surface area contributed by atoms with Crippen molar-refractivity contribution in [2.24, 2.45) is 0 Å². The Morgan fingerprint density at radius 2 is 1.71 bits per heavy atom. The van der Waals surface area contributed by atoms with Gasteiger partial charge in [0.25, 0.3) is 5.82 Å². The number of anilines is 1. The summed E-state index contributed by atoms with van der Waals surface area (Å²) in [5, 5.41) is 11.0. The molecule has 1 aliphatic rings. The van der Waals surface area contributed by atoms with Crippen LogP contribution in [0.2, 0.25) is 0 Å². The Morgan fingerprint density at radius 1 is 0.964 bits per heavy atom. The van der Waals surface area contributed by atoms with E-state index in [2.05, 4.69) is 46.2 Å². The predicted octanol–water partition coefficient (Wildman–Crippen LogP) is 3.24. The van der Waals surface area contributed by atoms with Crippen molar-refractivity contribution in [3.63, 3.8) is 0 Å². The van der Waals surface area contributed by atoms with Crippen LogP contribution in [0.5, 0.6) is 0 Å². The molecule has 0 N–H and O–H groups in total. The summed E-state index contributed by atoms with van der Waals surface area (Å²) in [7, 11) is 0. The minimum Gasteiger partial charge on any atom is -0.350 e. The van der Waals surface area contributed by atoms with Crippen LogP contribution in [0.15, 0.2) is 42.5 Å². The summed E-state index contributed by atoms with van der Waals surface area (Å²) in [6.07, 6.45) is -4.60. The average molecular weight is 390 g/mol. The molecule has 3 heterocycles. The largest absolute Gasteiger partial charge is 0.453 e. The summed E-state index contributed by atoms with van der Waals surface area (Å²) < 4.78 is 40.2. The molecule has 28 heavy (non-hydrogen) atoms. The van der Waals surface area contributed by atoms with Gasteiger partial charge >= 0.3 is 6.18 Å². The van der Waals surface area contributed by atoms with Crippen molar-refractivity contribution >= 4 is 11.5 Å². The van der Waals surface area contributed by atoms with E-state index in [0.717, 1.165) is 17.6 Å². The molecule has 6 nitrogen and oxygen atoms in total. The second-order valence-electron chi connectivity index (χ2n) is 7.25. The minimum absolute atomic E-state index is 0.0829. The van der Waals surface area contributed by atoms with Gasteiger partial charge in [-0.1, -0.05) is 30.3 Å². The van der Waals surface area contributed by atoms with Gasteiger partial charge in [0.05, 0.1) is 0 Å². The van der Waals surface area contributed by atoms with E-state index in [1.165, 1.54) is 11.6 Å². The summed E-state index contributed by atoms with van der Waals surface area (Å²) in [5.74, 6) is -0.607. The molecule has 1 aliphatic heterocycles. The van der Waals surface area contributed by atoms with Gasteiger partial charge < -0.3 is 4.90 Å². The Bertz CT molecular complexity index is 955. The fraction of sp³-hybridized carbons (Fsp3) is 0.421. The van der Waals surface area contributed by atoms with Gasteiger partial charge in [-0.15, -0.1) is 15.3 Å². The summed E-state index contributed by atoms with van der Waals surface area (Å²) in [4.78, 5) is 4.43. The topological polar surface area (TPSA) is 49.6 Å². The molecule has 1 fully saturated rings. The lowest BCUT2D eigenvalue weighted by molar-refractivity contribution is -0.146. The van der Waals surface area contributed by atoms with Crippen LogP contribution in [0.4, 0.5) is 19.0 Å². The molecule has 0 saturated carbocycles.